The Hall–Kier alpha value is -1.71. The summed E-state index contributed by atoms with van der Waals surface area (Å²) in [5.74, 6) is 1.57. The molecule has 0 radical (unpaired) electrons. The van der Waals surface area contributed by atoms with E-state index in [-0.39, 0.29) is 11.3 Å². The summed E-state index contributed by atoms with van der Waals surface area (Å²) in [6, 6.07) is 5.77. The highest BCUT2D eigenvalue weighted by atomic mass is 16.5. The molecule has 0 aromatic heterocycles. The van der Waals surface area contributed by atoms with Gasteiger partial charge in [0.25, 0.3) is 0 Å². The molecule has 0 spiro atoms. The molecule has 0 atom stereocenters. The van der Waals surface area contributed by atoms with Gasteiger partial charge in [-0.3, -0.25) is 4.79 Å². The number of nitrogens with zero attached hydrogens (tertiary/aromatic N) is 1. The third-order valence-corrected chi connectivity index (χ3v) is 3.21. The molecular weight excluding hydrogens is 266 g/mol. The third-order valence-electron chi connectivity index (χ3n) is 3.21. The first-order valence-electron chi connectivity index (χ1n) is 7.21. The maximum atomic E-state index is 12.1. The first kappa shape index (κ1) is 17.3. The van der Waals surface area contributed by atoms with Gasteiger partial charge in [-0.15, -0.1) is 0 Å². The number of rotatable bonds is 6. The van der Waals surface area contributed by atoms with Gasteiger partial charge in [0.2, 0.25) is 5.91 Å². The molecule has 4 heteroatoms. The first-order chi connectivity index (χ1) is 9.76. The topological polar surface area (TPSA) is 38.8 Å². The third kappa shape index (κ3) is 5.66. The zero-order valence-electron chi connectivity index (χ0n) is 14.0. The molecule has 0 unspecified atom stereocenters. The lowest BCUT2D eigenvalue weighted by Crippen LogP contribution is -2.34. The Morgan fingerprint density at radius 2 is 1.76 bits per heavy atom. The summed E-state index contributed by atoms with van der Waals surface area (Å²) >= 11 is 0. The molecule has 1 aromatic rings. The smallest absolute Gasteiger partial charge is 0.222 e. The van der Waals surface area contributed by atoms with Crippen molar-refractivity contribution in [2.24, 2.45) is 5.41 Å². The highest BCUT2D eigenvalue weighted by molar-refractivity contribution is 5.76. The van der Waals surface area contributed by atoms with Crippen LogP contribution in [-0.2, 0) is 11.2 Å². The van der Waals surface area contributed by atoms with Crippen molar-refractivity contribution in [2.75, 3.05) is 27.8 Å². The molecule has 21 heavy (non-hydrogen) atoms. The van der Waals surface area contributed by atoms with E-state index in [2.05, 4.69) is 20.8 Å². The van der Waals surface area contributed by atoms with Gasteiger partial charge in [0.1, 0.15) is 0 Å². The number of methoxy groups -OCH3 is 2. The van der Waals surface area contributed by atoms with E-state index in [0.717, 1.165) is 12.1 Å². The molecule has 1 aromatic carbocycles. The van der Waals surface area contributed by atoms with Crippen molar-refractivity contribution < 1.29 is 14.3 Å². The van der Waals surface area contributed by atoms with E-state index < -0.39 is 0 Å². The van der Waals surface area contributed by atoms with Gasteiger partial charge in [0.05, 0.1) is 14.2 Å². The van der Waals surface area contributed by atoms with Gasteiger partial charge in [0, 0.05) is 20.0 Å². The van der Waals surface area contributed by atoms with Gasteiger partial charge < -0.3 is 14.4 Å². The number of ether oxygens (including phenoxy) is 2. The molecule has 1 amide bonds. The molecule has 0 heterocycles. The Morgan fingerprint density at radius 3 is 2.29 bits per heavy atom. The average molecular weight is 293 g/mol. The predicted octanol–water partition coefficient (Wildman–Crippen LogP) is 3.14. The second-order valence-corrected chi connectivity index (χ2v) is 6.50. The lowest BCUT2D eigenvalue weighted by Gasteiger charge is -2.26. The Morgan fingerprint density at radius 1 is 1.14 bits per heavy atom. The van der Waals surface area contributed by atoms with Crippen molar-refractivity contribution in [1.82, 2.24) is 4.90 Å². The van der Waals surface area contributed by atoms with Crippen molar-refractivity contribution in [1.29, 1.82) is 0 Å². The molecule has 0 aliphatic carbocycles. The Balaban J connectivity index is 2.61. The monoisotopic (exact) mass is 293 g/mol. The Kier molecular flexibility index (Phi) is 6.06. The summed E-state index contributed by atoms with van der Waals surface area (Å²) in [4.78, 5) is 13.9. The standard InChI is InChI=1S/C17H27NO3/c1-17(2,3)12-18(4)16(19)10-8-13-7-9-14(20-5)15(11-13)21-6/h7,9,11H,8,10,12H2,1-6H3. The van der Waals surface area contributed by atoms with Crippen LogP contribution in [0.3, 0.4) is 0 Å². The Labute approximate surface area is 128 Å². The largest absolute Gasteiger partial charge is 0.493 e. The summed E-state index contributed by atoms with van der Waals surface area (Å²) in [5, 5.41) is 0. The molecule has 0 aliphatic rings. The van der Waals surface area contributed by atoms with Gasteiger partial charge in [-0.05, 0) is 29.5 Å². The van der Waals surface area contributed by atoms with E-state index in [1.54, 1.807) is 19.1 Å². The summed E-state index contributed by atoms with van der Waals surface area (Å²) < 4.78 is 10.5. The predicted molar refractivity (Wildman–Crippen MR) is 85.0 cm³/mol. The van der Waals surface area contributed by atoms with E-state index in [1.807, 2.05) is 25.2 Å². The van der Waals surface area contributed by atoms with Crippen LogP contribution in [0.5, 0.6) is 11.5 Å². The number of hydrogen-bond donors (Lipinski definition) is 0. The van der Waals surface area contributed by atoms with Crippen molar-refractivity contribution in [2.45, 2.75) is 33.6 Å². The van der Waals surface area contributed by atoms with Gasteiger partial charge >= 0.3 is 0 Å². The molecule has 0 aliphatic heterocycles. The number of benzene rings is 1. The van der Waals surface area contributed by atoms with Crippen molar-refractivity contribution >= 4 is 5.91 Å². The SMILES string of the molecule is COc1ccc(CCC(=O)N(C)CC(C)(C)C)cc1OC. The van der Waals surface area contributed by atoms with Crippen LogP contribution >= 0.6 is 0 Å². The highest BCUT2D eigenvalue weighted by Crippen LogP contribution is 2.28. The Bertz CT molecular complexity index is 477. The normalized spacial score (nSPS) is 11.1. The van der Waals surface area contributed by atoms with Gasteiger partial charge in [-0.25, -0.2) is 0 Å². The second-order valence-electron chi connectivity index (χ2n) is 6.50. The van der Waals surface area contributed by atoms with E-state index in [4.69, 9.17) is 9.47 Å². The number of aryl methyl sites for hydroxylation is 1. The molecule has 0 saturated heterocycles. The maximum Gasteiger partial charge on any atom is 0.222 e. The van der Waals surface area contributed by atoms with Crippen LogP contribution in [0.25, 0.3) is 0 Å². The van der Waals surface area contributed by atoms with Crippen LogP contribution in [0.2, 0.25) is 0 Å². The second kappa shape index (κ2) is 7.34. The van der Waals surface area contributed by atoms with Crippen molar-refractivity contribution in [3.63, 3.8) is 0 Å². The number of carbonyl (C=O) groups is 1. The minimum absolute atomic E-state index is 0.119. The van der Waals surface area contributed by atoms with Gasteiger partial charge in [-0.2, -0.15) is 0 Å². The summed E-state index contributed by atoms with van der Waals surface area (Å²) in [5.41, 5.74) is 1.19. The quantitative estimate of drug-likeness (QED) is 0.809. The molecule has 0 N–H and O–H groups in total. The van der Waals surface area contributed by atoms with Crippen LogP contribution in [0.1, 0.15) is 32.8 Å². The molecule has 1 rings (SSSR count). The summed E-state index contributed by atoms with van der Waals surface area (Å²) in [7, 11) is 5.09. The van der Waals surface area contributed by atoms with Crippen LogP contribution in [0.15, 0.2) is 18.2 Å². The fraction of sp³-hybridized carbons (Fsp3) is 0.588. The van der Waals surface area contributed by atoms with Crippen LogP contribution < -0.4 is 9.47 Å². The van der Waals surface area contributed by atoms with Crippen molar-refractivity contribution in [3.8, 4) is 11.5 Å². The molecule has 0 fully saturated rings. The molecule has 118 valence electrons. The lowest BCUT2D eigenvalue weighted by atomic mass is 9.96. The van der Waals surface area contributed by atoms with E-state index in [1.165, 1.54) is 0 Å². The zero-order chi connectivity index (χ0) is 16.0. The van der Waals surface area contributed by atoms with Crippen molar-refractivity contribution in [3.05, 3.63) is 23.8 Å². The van der Waals surface area contributed by atoms with E-state index >= 15 is 0 Å². The maximum absolute atomic E-state index is 12.1. The minimum atomic E-state index is 0.119. The molecule has 4 nitrogen and oxygen atoms in total. The van der Waals surface area contributed by atoms with E-state index in [9.17, 15) is 4.79 Å². The van der Waals surface area contributed by atoms with Crippen LogP contribution in [0, 0.1) is 5.41 Å². The summed E-state index contributed by atoms with van der Waals surface area (Å²) in [6.45, 7) is 7.15. The van der Waals surface area contributed by atoms with Gasteiger partial charge in [-0.1, -0.05) is 26.8 Å². The molecule has 0 saturated carbocycles. The summed E-state index contributed by atoms with van der Waals surface area (Å²) in [6.07, 6.45) is 1.20. The van der Waals surface area contributed by atoms with E-state index in [0.29, 0.717) is 24.3 Å². The fourth-order valence-electron chi connectivity index (χ4n) is 2.28. The zero-order valence-corrected chi connectivity index (χ0v) is 14.0. The number of hydrogen-bond acceptors (Lipinski definition) is 3. The highest BCUT2D eigenvalue weighted by Gasteiger charge is 2.17. The number of carbonyl (C=O) groups excluding carboxylic acids is 1. The van der Waals surface area contributed by atoms with Gasteiger partial charge in [0.15, 0.2) is 11.5 Å². The van der Waals surface area contributed by atoms with Crippen LogP contribution in [0.4, 0.5) is 0 Å². The minimum Gasteiger partial charge on any atom is -0.493 e. The lowest BCUT2D eigenvalue weighted by molar-refractivity contribution is -0.131. The molecule has 0 bridgehead atoms. The molecular formula is C17H27NO3. The number of amides is 1. The fourth-order valence-corrected chi connectivity index (χ4v) is 2.28. The average Bonchev–Trinajstić information content (AvgIpc) is 2.42. The first-order valence-corrected chi connectivity index (χ1v) is 7.21. The van der Waals surface area contributed by atoms with Crippen LogP contribution in [-0.4, -0.2) is 38.6 Å².